The van der Waals surface area contributed by atoms with Gasteiger partial charge in [0, 0.05) is 21.1 Å². The van der Waals surface area contributed by atoms with Crippen molar-refractivity contribution in [3.8, 4) is 0 Å². The van der Waals surface area contributed by atoms with Crippen LogP contribution in [0.3, 0.4) is 0 Å². The number of benzene rings is 1. The van der Waals surface area contributed by atoms with Crippen LogP contribution in [-0.2, 0) is 13.6 Å². The number of fused-ring (bicyclic) bond motifs is 1. The molecule has 0 amide bonds. The monoisotopic (exact) mass is 317 g/mol. The molecule has 0 N–H and O–H groups in total. The van der Waals surface area contributed by atoms with Crippen LogP contribution in [0, 0.1) is 0 Å². The van der Waals surface area contributed by atoms with Crippen LogP contribution >= 0.6 is 11.6 Å². The summed E-state index contributed by atoms with van der Waals surface area (Å²) in [6.45, 7) is 0.534. The molecule has 0 aliphatic rings. The maximum absolute atomic E-state index is 12.3. The predicted molar refractivity (Wildman–Crippen MR) is 87.7 cm³/mol. The average Bonchev–Trinajstić information content (AvgIpc) is 2.81. The molecule has 3 rings (SSSR count). The van der Waals surface area contributed by atoms with Gasteiger partial charge in [-0.05, 0) is 17.2 Å². The summed E-state index contributed by atoms with van der Waals surface area (Å²) < 4.78 is 3.10. The van der Waals surface area contributed by atoms with Crippen molar-refractivity contribution in [1.82, 2.24) is 19.3 Å². The fourth-order valence-corrected chi connectivity index (χ4v) is 2.63. The highest BCUT2D eigenvalue weighted by Crippen LogP contribution is 2.25. The zero-order valence-electron chi connectivity index (χ0n) is 12.6. The first-order valence-electron chi connectivity index (χ1n) is 6.83. The number of aromatic nitrogens is 4. The zero-order valence-corrected chi connectivity index (χ0v) is 13.4. The lowest BCUT2D eigenvalue weighted by molar-refractivity contribution is 0.708. The molecule has 0 spiro atoms. The Labute approximate surface area is 132 Å². The fraction of sp³-hybridized carbons (Fsp3) is 0.267. The summed E-state index contributed by atoms with van der Waals surface area (Å²) in [7, 11) is 5.36. The SMILES string of the molecule is CN(C)c1nn(C)c(=O)c2nc(Cl)n(Cc3ccccc3)c12. The van der Waals surface area contributed by atoms with Crippen LogP contribution in [0.4, 0.5) is 5.82 Å². The summed E-state index contributed by atoms with van der Waals surface area (Å²) in [5, 5.41) is 4.61. The van der Waals surface area contributed by atoms with Crippen molar-refractivity contribution in [1.29, 1.82) is 0 Å². The van der Waals surface area contributed by atoms with Crippen LogP contribution in [0.1, 0.15) is 5.56 Å². The molecule has 22 heavy (non-hydrogen) atoms. The number of hydrogen-bond donors (Lipinski definition) is 0. The topological polar surface area (TPSA) is 56.0 Å². The van der Waals surface area contributed by atoms with Gasteiger partial charge in [-0.1, -0.05) is 30.3 Å². The van der Waals surface area contributed by atoms with Crippen molar-refractivity contribution in [2.75, 3.05) is 19.0 Å². The second-order valence-corrected chi connectivity index (χ2v) is 5.63. The molecule has 114 valence electrons. The van der Waals surface area contributed by atoms with Gasteiger partial charge in [0.2, 0.25) is 5.28 Å². The van der Waals surface area contributed by atoms with Gasteiger partial charge in [0.15, 0.2) is 11.3 Å². The lowest BCUT2D eigenvalue weighted by Crippen LogP contribution is -2.24. The van der Waals surface area contributed by atoms with E-state index in [0.717, 1.165) is 5.56 Å². The smallest absolute Gasteiger partial charge is 0.294 e. The summed E-state index contributed by atoms with van der Waals surface area (Å²) in [5.74, 6) is 0.660. The number of nitrogens with zero attached hydrogens (tertiary/aromatic N) is 5. The Morgan fingerprint density at radius 2 is 1.91 bits per heavy atom. The van der Waals surface area contributed by atoms with Gasteiger partial charge < -0.3 is 9.47 Å². The number of halogens is 1. The standard InChI is InChI=1S/C15H16ClN5O/c1-19(2)13-12-11(14(22)20(3)18-13)17-15(16)21(12)9-10-7-5-4-6-8-10/h4-8H,9H2,1-3H3. The Bertz CT molecular complexity index is 882. The molecule has 0 aliphatic carbocycles. The molecule has 0 unspecified atom stereocenters. The molecule has 6 nitrogen and oxygen atoms in total. The van der Waals surface area contributed by atoms with Crippen LogP contribution in [0.25, 0.3) is 11.0 Å². The van der Waals surface area contributed by atoms with E-state index in [1.807, 2.05) is 53.9 Å². The van der Waals surface area contributed by atoms with E-state index in [0.29, 0.717) is 23.4 Å². The quantitative estimate of drug-likeness (QED) is 0.740. The Kier molecular flexibility index (Phi) is 3.62. The third-order valence-electron chi connectivity index (χ3n) is 3.48. The van der Waals surface area contributed by atoms with Gasteiger partial charge in [-0.15, -0.1) is 5.10 Å². The first-order valence-corrected chi connectivity index (χ1v) is 7.21. The Morgan fingerprint density at radius 1 is 1.23 bits per heavy atom. The highest BCUT2D eigenvalue weighted by Gasteiger charge is 2.19. The van der Waals surface area contributed by atoms with Crippen molar-refractivity contribution in [2.45, 2.75) is 6.54 Å². The minimum atomic E-state index is -0.255. The molecule has 0 atom stereocenters. The van der Waals surface area contributed by atoms with Gasteiger partial charge >= 0.3 is 0 Å². The molecule has 1 aromatic carbocycles. The van der Waals surface area contributed by atoms with Gasteiger partial charge in [0.25, 0.3) is 5.56 Å². The summed E-state index contributed by atoms with van der Waals surface area (Å²) >= 11 is 6.28. The summed E-state index contributed by atoms with van der Waals surface area (Å²) in [6.07, 6.45) is 0. The minimum absolute atomic E-state index is 0.255. The molecule has 3 aromatic rings. The van der Waals surface area contributed by atoms with E-state index >= 15 is 0 Å². The molecule has 0 saturated carbocycles. The van der Waals surface area contributed by atoms with E-state index < -0.39 is 0 Å². The van der Waals surface area contributed by atoms with E-state index in [1.54, 1.807) is 7.05 Å². The van der Waals surface area contributed by atoms with E-state index in [1.165, 1.54) is 4.68 Å². The number of rotatable bonds is 3. The predicted octanol–water partition coefficient (Wildman–Crippen LogP) is 1.90. The molecule has 2 aromatic heterocycles. The lowest BCUT2D eigenvalue weighted by Gasteiger charge is -2.15. The summed E-state index contributed by atoms with van der Waals surface area (Å²) in [6, 6.07) is 9.90. The Morgan fingerprint density at radius 3 is 2.55 bits per heavy atom. The van der Waals surface area contributed by atoms with Crippen LogP contribution in [0.15, 0.2) is 35.1 Å². The number of anilines is 1. The molecule has 0 fully saturated rings. The van der Waals surface area contributed by atoms with Crippen LogP contribution in [0.5, 0.6) is 0 Å². The molecule has 7 heteroatoms. The van der Waals surface area contributed by atoms with Crippen molar-refractivity contribution in [3.63, 3.8) is 0 Å². The van der Waals surface area contributed by atoms with Crippen molar-refractivity contribution >= 4 is 28.5 Å². The minimum Gasteiger partial charge on any atom is -0.360 e. The van der Waals surface area contributed by atoms with Gasteiger partial charge in [-0.3, -0.25) is 4.79 Å². The largest absolute Gasteiger partial charge is 0.360 e. The van der Waals surface area contributed by atoms with Crippen molar-refractivity contribution < 1.29 is 0 Å². The number of hydrogen-bond acceptors (Lipinski definition) is 4. The molecular formula is C15H16ClN5O. The molecule has 2 heterocycles. The van der Waals surface area contributed by atoms with Crippen LogP contribution < -0.4 is 10.5 Å². The normalized spacial score (nSPS) is 11.1. The van der Waals surface area contributed by atoms with Crippen molar-refractivity contribution in [2.24, 2.45) is 7.05 Å². The average molecular weight is 318 g/mol. The summed E-state index contributed by atoms with van der Waals surface area (Å²) in [5.41, 5.74) is 1.81. The Balaban J connectivity index is 2.28. The third-order valence-corrected chi connectivity index (χ3v) is 3.77. The van der Waals surface area contributed by atoms with E-state index in [2.05, 4.69) is 10.1 Å². The first kappa shape index (κ1) is 14.6. The Hall–Kier alpha value is -2.34. The molecular weight excluding hydrogens is 302 g/mol. The van der Waals surface area contributed by atoms with Crippen LogP contribution in [0.2, 0.25) is 5.28 Å². The second kappa shape index (κ2) is 5.46. The molecule has 0 saturated heterocycles. The number of aryl methyl sites for hydroxylation is 1. The van der Waals surface area contributed by atoms with Crippen LogP contribution in [-0.4, -0.2) is 33.4 Å². The second-order valence-electron chi connectivity index (χ2n) is 5.30. The molecule has 0 radical (unpaired) electrons. The highest BCUT2D eigenvalue weighted by molar-refractivity contribution is 6.29. The highest BCUT2D eigenvalue weighted by atomic mass is 35.5. The third kappa shape index (κ3) is 2.35. The van der Waals surface area contributed by atoms with Crippen molar-refractivity contribution in [3.05, 3.63) is 51.5 Å². The van der Waals surface area contributed by atoms with E-state index in [9.17, 15) is 4.79 Å². The summed E-state index contributed by atoms with van der Waals surface area (Å²) in [4.78, 5) is 18.4. The fourth-order valence-electron chi connectivity index (χ4n) is 2.40. The van der Waals surface area contributed by atoms with Gasteiger partial charge in [0.05, 0.1) is 6.54 Å². The zero-order chi connectivity index (χ0) is 15.9. The maximum Gasteiger partial charge on any atom is 0.294 e. The first-order chi connectivity index (χ1) is 10.5. The van der Waals surface area contributed by atoms with Gasteiger partial charge in [-0.25, -0.2) is 9.67 Å². The van der Waals surface area contributed by atoms with E-state index in [4.69, 9.17) is 11.6 Å². The lowest BCUT2D eigenvalue weighted by atomic mass is 10.2. The molecule has 0 bridgehead atoms. The maximum atomic E-state index is 12.3. The van der Waals surface area contributed by atoms with Gasteiger partial charge in [0.1, 0.15) is 5.52 Å². The number of imidazole rings is 1. The van der Waals surface area contributed by atoms with Gasteiger partial charge in [-0.2, -0.15) is 0 Å². The van der Waals surface area contributed by atoms with E-state index in [-0.39, 0.29) is 10.8 Å². The molecule has 0 aliphatic heterocycles.